The number of likely N-dealkylation sites (tertiary alicyclic amines) is 1. The van der Waals surface area contributed by atoms with Gasteiger partial charge >= 0.3 is 0 Å². The van der Waals surface area contributed by atoms with E-state index >= 15 is 0 Å². The van der Waals surface area contributed by atoms with Crippen LogP contribution in [-0.4, -0.2) is 36.2 Å². The summed E-state index contributed by atoms with van der Waals surface area (Å²) >= 11 is 0. The molecule has 1 rings (SSSR count). The van der Waals surface area contributed by atoms with E-state index in [0.717, 1.165) is 38.9 Å². The third-order valence-corrected chi connectivity index (χ3v) is 3.40. The van der Waals surface area contributed by atoms with Gasteiger partial charge in [-0.2, -0.15) is 0 Å². The van der Waals surface area contributed by atoms with Crippen LogP contribution in [0.25, 0.3) is 0 Å². The van der Waals surface area contributed by atoms with Gasteiger partial charge in [-0.3, -0.25) is 4.79 Å². The summed E-state index contributed by atoms with van der Waals surface area (Å²) in [6, 6.07) is 0. The second kappa shape index (κ2) is 5.43. The highest BCUT2D eigenvalue weighted by Crippen LogP contribution is 2.29. The zero-order valence-electron chi connectivity index (χ0n) is 10.3. The number of nitrogens with two attached hydrogens (primary N) is 1. The highest BCUT2D eigenvalue weighted by Gasteiger charge is 2.38. The lowest BCUT2D eigenvalue weighted by molar-refractivity contribution is -0.126. The molecule has 0 aromatic rings. The molecule has 1 fully saturated rings. The van der Waals surface area contributed by atoms with Crippen LogP contribution in [0.4, 0.5) is 0 Å². The molecule has 92 valence electrons. The van der Waals surface area contributed by atoms with Crippen LogP contribution in [0.1, 0.15) is 39.5 Å². The number of carbonyl (C=O) groups excluding carboxylic acids is 2. The Morgan fingerprint density at radius 3 is 2.56 bits per heavy atom. The highest BCUT2D eigenvalue weighted by molar-refractivity contribution is 5.81. The molecule has 1 amide bonds. The van der Waals surface area contributed by atoms with Crippen LogP contribution in [0.5, 0.6) is 0 Å². The maximum atomic E-state index is 11.2. The SMILES string of the molecule is CC(=O)CCCCN1CCC(C)(C(N)=O)C1. The summed E-state index contributed by atoms with van der Waals surface area (Å²) in [6.45, 7) is 6.24. The molecule has 1 saturated heterocycles. The first-order chi connectivity index (χ1) is 7.44. The molecule has 16 heavy (non-hydrogen) atoms. The van der Waals surface area contributed by atoms with E-state index in [0.29, 0.717) is 6.42 Å². The molecule has 1 aliphatic heterocycles. The van der Waals surface area contributed by atoms with Crippen molar-refractivity contribution >= 4 is 11.7 Å². The number of ketones is 1. The summed E-state index contributed by atoms with van der Waals surface area (Å²) in [5.74, 6) is 0.0575. The zero-order chi connectivity index (χ0) is 12.2. The molecule has 1 heterocycles. The second-order valence-electron chi connectivity index (χ2n) is 5.11. The largest absolute Gasteiger partial charge is 0.369 e. The Morgan fingerprint density at radius 2 is 2.06 bits per heavy atom. The second-order valence-corrected chi connectivity index (χ2v) is 5.11. The van der Waals surface area contributed by atoms with E-state index in [9.17, 15) is 9.59 Å². The first-order valence-corrected chi connectivity index (χ1v) is 5.96. The first kappa shape index (κ1) is 13.2. The molecular formula is C12H22N2O2. The maximum Gasteiger partial charge on any atom is 0.224 e. The molecule has 0 aliphatic carbocycles. The van der Waals surface area contributed by atoms with Crippen molar-refractivity contribution in [3.05, 3.63) is 0 Å². The van der Waals surface area contributed by atoms with Crippen molar-refractivity contribution in [2.45, 2.75) is 39.5 Å². The lowest BCUT2D eigenvalue weighted by Gasteiger charge is -2.20. The first-order valence-electron chi connectivity index (χ1n) is 5.96. The lowest BCUT2D eigenvalue weighted by Crippen LogP contribution is -2.37. The van der Waals surface area contributed by atoms with Gasteiger partial charge in [0.2, 0.25) is 5.91 Å². The lowest BCUT2D eigenvalue weighted by atomic mass is 9.89. The zero-order valence-corrected chi connectivity index (χ0v) is 10.3. The average molecular weight is 226 g/mol. The van der Waals surface area contributed by atoms with Crippen LogP contribution in [0.3, 0.4) is 0 Å². The summed E-state index contributed by atoms with van der Waals surface area (Å²) in [6.07, 6.45) is 3.49. The van der Waals surface area contributed by atoms with Gasteiger partial charge in [0.05, 0.1) is 5.41 Å². The van der Waals surface area contributed by atoms with Gasteiger partial charge in [-0.05, 0) is 46.2 Å². The monoisotopic (exact) mass is 226 g/mol. The molecule has 0 bridgehead atoms. The maximum absolute atomic E-state index is 11.2. The Labute approximate surface area is 97.2 Å². The molecule has 2 N–H and O–H groups in total. The smallest absolute Gasteiger partial charge is 0.224 e. The summed E-state index contributed by atoms with van der Waals surface area (Å²) in [5, 5.41) is 0. The van der Waals surface area contributed by atoms with Crippen molar-refractivity contribution < 1.29 is 9.59 Å². The van der Waals surface area contributed by atoms with Gasteiger partial charge in [0.25, 0.3) is 0 Å². The number of carbonyl (C=O) groups is 2. The minimum absolute atomic E-state index is 0.196. The van der Waals surface area contributed by atoms with Gasteiger partial charge < -0.3 is 15.4 Å². The topological polar surface area (TPSA) is 63.4 Å². The number of rotatable bonds is 6. The molecule has 1 atom stereocenters. The minimum atomic E-state index is -0.347. The number of Topliss-reactive ketones (excluding diaryl/α,β-unsaturated/α-hetero) is 1. The molecule has 1 aliphatic rings. The third kappa shape index (κ3) is 3.59. The molecule has 0 spiro atoms. The van der Waals surface area contributed by atoms with Crippen molar-refractivity contribution in [3.8, 4) is 0 Å². The van der Waals surface area contributed by atoms with Gasteiger partial charge in [0, 0.05) is 13.0 Å². The highest BCUT2D eigenvalue weighted by atomic mass is 16.1. The van der Waals surface area contributed by atoms with Crippen LogP contribution in [0.15, 0.2) is 0 Å². The Morgan fingerprint density at radius 1 is 1.38 bits per heavy atom. The fraction of sp³-hybridized carbons (Fsp3) is 0.833. The van der Waals surface area contributed by atoms with E-state index in [-0.39, 0.29) is 17.1 Å². The van der Waals surface area contributed by atoms with Crippen LogP contribution in [0, 0.1) is 5.41 Å². The molecule has 0 radical (unpaired) electrons. The van der Waals surface area contributed by atoms with E-state index in [1.807, 2.05) is 6.92 Å². The summed E-state index contributed by atoms with van der Waals surface area (Å²) < 4.78 is 0. The summed E-state index contributed by atoms with van der Waals surface area (Å²) in [5.41, 5.74) is 5.03. The normalized spacial score (nSPS) is 25.9. The van der Waals surface area contributed by atoms with Crippen molar-refractivity contribution in [1.82, 2.24) is 4.90 Å². The number of nitrogens with zero attached hydrogens (tertiary/aromatic N) is 1. The van der Waals surface area contributed by atoms with Gasteiger partial charge in [0.15, 0.2) is 0 Å². The third-order valence-electron chi connectivity index (χ3n) is 3.40. The molecular weight excluding hydrogens is 204 g/mol. The van der Waals surface area contributed by atoms with Crippen LogP contribution >= 0.6 is 0 Å². The number of unbranched alkanes of at least 4 members (excludes halogenated alkanes) is 1. The van der Waals surface area contributed by atoms with Gasteiger partial charge in [-0.1, -0.05) is 0 Å². The van der Waals surface area contributed by atoms with E-state index in [4.69, 9.17) is 5.73 Å². The number of hydrogen-bond donors (Lipinski definition) is 1. The van der Waals surface area contributed by atoms with E-state index in [1.54, 1.807) is 6.92 Å². The van der Waals surface area contributed by atoms with Gasteiger partial charge in [-0.15, -0.1) is 0 Å². The summed E-state index contributed by atoms with van der Waals surface area (Å²) in [7, 11) is 0. The minimum Gasteiger partial charge on any atom is -0.369 e. The molecule has 0 saturated carbocycles. The standard InChI is InChI=1S/C12H22N2O2/c1-10(15)5-3-4-7-14-8-6-12(2,9-14)11(13)16/h3-9H2,1-2H3,(H2,13,16). The number of amides is 1. The molecule has 4 nitrogen and oxygen atoms in total. The molecule has 0 aromatic carbocycles. The Hall–Kier alpha value is -0.900. The Kier molecular flexibility index (Phi) is 4.47. The number of primary amides is 1. The van der Waals surface area contributed by atoms with Crippen LogP contribution in [-0.2, 0) is 9.59 Å². The number of hydrogen-bond acceptors (Lipinski definition) is 3. The van der Waals surface area contributed by atoms with E-state index in [1.165, 1.54) is 0 Å². The quantitative estimate of drug-likeness (QED) is 0.686. The van der Waals surface area contributed by atoms with Crippen molar-refractivity contribution in [2.24, 2.45) is 11.1 Å². The Balaban J connectivity index is 2.22. The van der Waals surface area contributed by atoms with E-state index in [2.05, 4.69) is 4.90 Å². The predicted molar refractivity (Wildman–Crippen MR) is 62.9 cm³/mol. The molecule has 0 aromatic heterocycles. The fourth-order valence-corrected chi connectivity index (χ4v) is 2.16. The van der Waals surface area contributed by atoms with Gasteiger partial charge in [0.1, 0.15) is 5.78 Å². The summed E-state index contributed by atoms with van der Waals surface area (Å²) in [4.78, 5) is 24.3. The fourth-order valence-electron chi connectivity index (χ4n) is 2.16. The van der Waals surface area contributed by atoms with Crippen LogP contribution < -0.4 is 5.73 Å². The molecule has 4 heteroatoms. The molecule has 1 unspecified atom stereocenters. The van der Waals surface area contributed by atoms with Crippen molar-refractivity contribution in [3.63, 3.8) is 0 Å². The van der Waals surface area contributed by atoms with Crippen molar-refractivity contribution in [1.29, 1.82) is 0 Å². The van der Waals surface area contributed by atoms with Crippen LogP contribution in [0.2, 0.25) is 0 Å². The van der Waals surface area contributed by atoms with Gasteiger partial charge in [-0.25, -0.2) is 0 Å². The van der Waals surface area contributed by atoms with Crippen molar-refractivity contribution in [2.75, 3.05) is 19.6 Å². The van der Waals surface area contributed by atoms with E-state index < -0.39 is 0 Å². The average Bonchev–Trinajstić information content (AvgIpc) is 2.56. The predicted octanol–water partition coefficient (Wildman–Crippen LogP) is 0.943. The Bertz CT molecular complexity index is 278.